The molecule has 1 aliphatic carbocycles. The summed E-state index contributed by atoms with van der Waals surface area (Å²) in [6, 6.07) is 7.30. The Balaban J connectivity index is 1.67. The Hall–Kier alpha value is -1.35. The van der Waals surface area contributed by atoms with Crippen molar-refractivity contribution in [3.63, 3.8) is 0 Å². The van der Waals surface area contributed by atoms with Crippen molar-refractivity contribution in [2.24, 2.45) is 5.92 Å². The first kappa shape index (κ1) is 17.0. The van der Waals surface area contributed by atoms with Crippen LogP contribution in [-0.4, -0.2) is 23.8 Å². The Morgan fingerprint density at radius 2 is 1.86 bits per heavy atom. The molecule has 1 aliphatic rings. The molecular formula is C19H28O3. The fourth-order valence-electron chi connectivity index (χ4n) is 3.17. The first-order chi connectivity index (χ1) is 10.7. The van der Waals surface area contributed by atoms with Crippen LogP contribution in [0.15, 0.2) is 24.3 Å². The van der Waals surface area contributed by atoms with E-state index in [9.17, 15) is 4.79 Å². The van der Waals surface area contributed by atoms with Crippen LogP contribution in [0.2, 0.25) is 0 Å². The van der Waals surface area contributed by atoms with Gasteiger partial charge in [-0.2, -0.15) is 0 Å². The highest BCUT2D eigenvalue weighted by molar-refractivity contribution is 5.87. The molecular weight excluding hydrogens is 276 g/mol. The maximum absolute atomic E-state index is 10.8. The van der Waals surface area contributed by atoms with E-state index in [4.69, 9.17) is 9.84 Å². The highest BCUT2D eigenvalue weighted by atomic mass is 16.5. The zero-order chi connectivity index (χ0) is 15.8. The van der Waals surface area contributed by atoms with Crippen LogP contribution in [0.25, 0.3) is 0 Å². The van der Waals surface area contributed by atoms with Crippen molar-refractivity contribution in [3.8, 4) is 0 Å². The number of unbranched alkanes of at least 4 members (excludes halogenated alkanes) is 1. The minimum absolute atomic E-state index is 0.369. The molecule has 0 aromatic heterocycles. The number of ether oxygens (including phenoxy) is 1. The highest BCUT2D eigenvalue weighted by Crippen LogP contribution is 2.29. The summed E-state index contributed by atoms with van der Waals surface area (Å²) >= 11 is 0. The molecule has 2 rings (SSSR count). The molecule has 122 valence electrons. The molecule has 0 heterocycles. The van der Waals surface area contributed by atoms with Gasteiger partial charge in [0.15, 0.2) is 0 Å². The van der Waals surface area contributed by atoms with Crippen LogP contribution in [0.4, 0.5) is 0 Å². The van der Waals surface area contributed by atoms with Crippen LogP contribution in [0.5, 0.6) is 0 Å². The van der Waals surface area contributed by atoms with Gasteiger partial charge < -0.3 is 9.84 Å². The van der Waals surface area contributed by atoms with Crippen molar-refractivity contribution in [1.82, 2.24) is 0 Å². The van der Waals surface area contributed by atoms with E-state index in [0.717, 1.165) is 18.9 Å². The maximum atomic E-state index is 10.8. The normalized spacial score (nSPS) is 21.7. The number of hydrogen-bond acceptors (Lipinski definition) is 2. The Kier molecular flexibility index (Phi) is 6.91. The highest BCUT2D eigenvalue weighted by Gasteiger charge is 2.21. The van der Waals surface area contributed by atoms with Gasteiger partial charge in [-0.3, -0.25) is 0 Å². The number of aryl methyl sites for hydroxylation is 1. The van der Waals surface area contributed by atoms with E-state index in [0.29, 0.717) is 11.7 Å². The molecule has 0 aliphatic heterocycles. The number of rotatable bonds is 8. The molecule has 22 heavy (non-hydrogen) atoms. The van der Waals surface area contributed by atoms with Gasteiger partial charge in [-0.25, -0.2) is 4.79 Å². The fraction of sp³-hybridized carbons (Fsp3) is 0.632. The van der Waals surface area contributed by atoms with E-state index in [1.165, 1.54) is 50.5 Å². The number of carbonyl (C=O) groups is 1. The molecule has 1 saturated carbocycles. The average molecular weight is 304 g/mol. The van der Waals surface area contributed by atoms with Crippen LogP contribution < -0.4 is 0 Å². The van der Waals surface area contributed by atoms with E-state index in [1.807, 2.05) is 12.1 Å². The van der Waals surface area contributed by atoms with Crippen molar-refractivity contribution < 1.29 is 14.6 Å². The second-order valence-corrected chi connectivity index (χ2v) is 6.41. The molecule has 0 spiro atoms. The van der Waals surface area contributed by atoms with Crippen LogP contribution >= 0.6 is 0 Å². The van der Waals surface area contributed by atoms with Gasteiger partial charge in [-0.1, -0.05) is 25.5 Å². The number of benzene rings is 1. The minimum Gasteiger partial charge on any atom is -0.478 e. The third kappa shape index (κ3) is 5.45. The van der Waals surface area contributed by atoms with Crippen molar-refractivity contribution in [2.45, 2.75) is 64.4 Å². The molecule has 1 N–H and O–H groups in total. The topological polar surface area (TPSA) is 46.5 Å². The fourth-order valence-corrected chi connectivity index (χ4v) is 3.17. The van der Waals surface area contributed by atoms with Crippen molar-refractivity contribution >= 4 is 5.97 Å². The molecule has 0 radical (unpaired) electrons. The first-order valence-electron chi connectivity index (χ1n) is 8.63. The monoisotopic (exact) mass is 304 g/mol. The third-order valence-corrected chi connectivity index (χ3v) is 4.69. The predicted octanol–water partition coefficient (Wildman–Crippen LogP) is 4.69. The van der Waals surface area contributed by atoms with Crippen LogP contribution in [-0.2, 0) is 11.2 Å². The van der Waals surface area contributed by atoms with Gasteiger partial charge in [0.25, 0.3) is 0 Å². The van der Waals surface area contributed by atoms with Crippen LogP contribution in [0.1, 0.15) is 67.8 Å². The number of carboxylic acids is 1. The van der Waals surface area contributed by atoms with Crippen molar-refractivity contribution in [2.75, 3.05) is 6.61 Å². The van der Waals surface area contributed by atoms with Crippen LogP contribution in [0, 0.1) is 5.92 Å². The second-order valence-electron chi connectivity index (χ2n) is 6.41. The lowest BCUT2D eigenvalue weighted by atomic mass is 9.83. The quantitative estimate of drug-likeness (QED) is 0.708. The Morgan fingerprint density at radius 3 is 2.45 bits per heavy atom. The summed E-state index contributed by atoms with van der Waals surface area (Å²) < 4.78 is 5.91. The van der Waals surface area contributed by atoms with Gasteiger partial charge in [0, 0.05) is 6.61 Å². The van der Waals surface area contributed by atoms with Gasteiger partial charge >= 0.3 is 5.97 Å². The van der Waals surface area contributed by atoms with Gasteiger partial charge in [0.2, 0.25) is 0 Å². The van der Waals surface area contributed by atoms with Crippen molar-refractivity contribution in [1.29, 1.82) is 0 Å². The lowest BCUT2D eigenvalue weighted by Gasteiger charge is -2.28. The summed E-state index contributed by atoms with van der Waals surface area (Å²) in [5.41, 5.74) is 1.61. The molecule has 3 heteroatoms. The summed E-state index contributed by atoms with van der Waals surface area (Å²) in [6.07, 6.45) is 10.0. The summed E-state index contributed by atoms with van der Waals surface area (Å²) in [5, 5.41) is 8.90. The predicted molar refractivity (Wildman–Crippen MR) is 88.3 cm³/mol. The van der Waals surface area contributed by atoms with E-state index in [-0.39, 0.29) is 0 Å². The zero-order valence-corrected chi connectivity index (χ0v) is 13.6. The minimum atomic E-state index is -0.854. The molecule has 0 amide bonds. The largest absolute Gasteiger partial charge is 0.478 e. The smallest absolute Gasteiger partial charge is 0.335 e. The van der Waals surface area contributed by atoms with Crippen molar-refractivity contribution in [3.05, 3.63) is 35.4 Å². The van der Waals surface area contributed by atoms with Gasteiger partial charge in [-0.15, -0.1) is 0 Å². The SMILES string of the molecule is CCCCOC1CCC(CCc2ccc(C(=O)O)cc2)CC1. The van der Waals surface area contributed by atoms with E-state index < -0.39 is 5.97 Å². The van der Waals surface area contributed by atoms with E-state index in [1.54, 1.807) is 12.1 Å². The number of aromatic carboxylic acids is 1. The number of carboxylic acid groups (broad SMARTS) is 1. The molecule has 1 aromatic rings. The number of hydrogen-bond donors (Lipinski definition) is 1. The molecule has 0 unspecified atom stereocenters. The maximum Gasteiger partial charge on any atom is 0.335 e. The summed E-state index contributed by atoms with van der Waals surface area (Å²) in [4.78, 5) is 10.8. The first-order valence-corrected chi connectivity index (χ1v) is 8.63. The summed E-state index contributed by atoms with van der Waals surface area (Å²) in [5.74, 6) is -0.0573. The summed E-state index contributed by atoms with van der Waals surface area (Å²) in [6.45, 7) is 3.12. The lowest BCUT2D eigenvalue weighted by molar-refractivity contribution is 0.0159. The Bertz CT molecular complexity index is 444. The average Bonchev–Trinajstić information content (AvgIpc) is 2.55. The molecule has 1 aromatic carbocycles. The van der Waals surface area contributed by atoms with Crippen LogP contribution in [0.3, 0.4) is 0 Å². The van der Waals surface area contributed by atoms with Gasteiger partial charge in [-0.05, 0) is 68.6 Å². The third-order valence-electron chi connectivity index (χ3n) is 4.69. The van der Waals surface area contributed by atoms with Gasteiger partial charge in [0.1, 0.15) is 0 Å². The Labute approximate surface area is 133 Å². The standard InChI is InChI=1S/C19H28O3/c1-2-3-14-22-18-12-8-16(9-13-18)5-4-15-6-10-17(11-7-15)19(20)21/h6-7,10-11,16,18H,2-5,8-9,12-14H2,1H3,(H,20,21). The van der Waals surface area contributed by atoms with E-state index >= 15 is 0 Å². The Morgan fingerprint density at radius 1 is 1.18 bits per heavy atom. The molecule has 3 nitrogen and oxygen atoms in total. The molecule has 0 saturated heterocycles. The molecule has 1 fully saturated rings. The zero-order valence-electron chi connectivity index (χ0n) is 13.6. The van der Waals surface area contributed by atoms with Gasteiger partial charge in [0.05, 0.1) is 11.7 Å². The second kappa shape index (κ2) is 8.94. The van der Waals surface area contributed by atoms with E-state index in [2.05, 4.69) is 6.92 Å². The lowest BCUT2D eigenvalue weighted by Crippen LogP contribution is -2.22. The molecule has 0 bridgehead atoms. The summed E-state index contributed by atoms with van der Waals surface area (Å²) in [7, 11) is 0. The molecule has 0 atom stereocenters.